The monoisotopic (exact) mass is 448 g/mol. The average molecular weight is 448 g/mol. The van der Waals surface area contributed by atoms with Crippen molar-refractivity contribution in [2.75, 3.05) is 26.6 Å². The maximum absolute atomic E-state index is 13.5. The number of hydrogen-bond donors (Lipinski definition) is 2. The fraction of sp³-hybridized carbons (Fsp3) is 0.292. The van der Waals surface area contributed by atoms with Gasteiger partial charge in [0, 0.05) is 23.3 Å². The number of Topliss-reactive ketones (excluding diaryl/α,β-unsaturated/α-hetero) is 1. The number of methoxy groups -OCH3 is 3. The van der Waals surface area contributed by atoms with Gasteiger partial charge in [-0.05, 0) is 36.1 Å². The molecule has 2 aliphatic rings. The highest BCUT2D eigenvalue weighted by Crippen LogP contribution is 2.47. The van der Waals surface area contributed by atoms with Crippen molar-refractivity contribution < 1.29 is 24.1 Å². The van der Waals surface area contributed by atoms with Crippen molar-refractivity contribution >= 4 is 11.7 Å². The van der Waals surface area contributed by atoms with E-state index in [1.807, 2.05) is 18.2 Å². The van der Waals surface area contributed by atoms with Crippen LogP contribution in [0.4, 0.5) is 5.95 Å². The fourth-order valence-electron chi connectivity index (χ4n) is 4.73. The zero-order valence-electron chi connectivity index (χ0n) is 18.5. The maximum Gasteiger partial charge on any atom is 0.226 e. The molecule has 0 bridgehead atoms. The van der Waals surface area contributed by atoms with E-state index in [-0.39, 0.29) is 17.5 Å². The second kappa shape index (κ2) is 8.16. The van der Waals surface area contributed by atoms with Gasteiger partial charge in [0.2, 0.25) is 11.7 Å². The maximum atomic E-state index is 13.5. The van der Waals surface area contributed by atoms with Crippen LogP contribution in [-0.2, 0) is 4.79 Å². The van der Waals surface area contributed by atoms with E-state index in [1.54, 1.807) is 44.2 Å². The highest BCUT2D eigenvalue weighted by molar-refractivity contribution is 6.00. The van der Waals surface area contributed by atoms with Gasteiger partial charge in [-0.3, -0.25) is 4.79 Å². The Labute approximate surface area is 190 Å². The Bertz CT molecular complexity index is 1240. The van der Waals surface area contributed by atoms with Crippen LogP contribution in [0.25, 0.3) is 0 Å². The van der Waals surface area contributed by atoms with E-state index in [9.17, 15) is 9.90 Å². The van der Waals surface area contributed by atoms with Crippen LogP contribution < -0.4 is 19.5 Å². The number of aromatic nitrogens is 3. The van der Waals surface area contributed by atoms with Crippen molar-refractivity contribution in [3.63, 3.8) is 0 Å². The Balaban J connectivity index is 1.59. The lowest BCUT2D eigenvalue weighted by atomic mass is 9.77. The summed E-state index contributed by atoms with van der Waals surface area (Å²) in [4.78, 5) is 17.9. The number of benzene rings is 2. The lowest BCUT2D eigenvalue weighted by Crippen LogP contribution is -2.33. The summed E-state index contributed by atoms with van der Waals surface area (Å²) in [5.74, 6) is 2.12. The Morgan fingerprint density at radius 2 is 1.79 bits per heavy atom. The van der Waals surface area contributed by atoms with Gasteiger partial charge in [0.1, 0.15) is 18.1 Å². The second-order valence-corrected chi connectivity index (χ2v) is 7.99. The molecule has 3 aromatic rings. The molecule has 1 aliphatic carbocycles. The zero-order chi connectivity index (χ0) is 23.1. The third-order valence-electron chi connectivity index (χ3n) is 6.25. The van der Waals surface area contributed by atoms with Gasteiger partial charge in [0.05, 0.1) is 21.3 Å². The predicted octanol–water partition coefficient (Wildman–Crippen LogP) is 3.43. The van der Waals surface area contributed by atoms with E-state index in [0.29, 0.717) is 47.2 Å². The number of carbonyl (C=O) groups is 1. The van der Waals surface area contributed by atoms with Gasteiger partial charge in [-0.1, -0.05) is 18.2 Å². The molecule has 2 atom stereocenters. The summed E-state index contributed by atoms with van der Waals surface area (Å²) in [7, 11) is 4.70. The molecule has 0 fully saturated rings. The number of para-hydroxylation sites is 1. The number of hydrogen-bond acceptors (Lipinski definition) is 8. The van der Waals surface area contributed by atoms with Gasteiger partial charge < -0.3 is 24.6 Å². The Hall–Kier alpha value is -4.01. The van der Waals surface area contributed by atoms with Crippen molar-refractivity contribution in [2.45, 2.75) is 24.8 Å². The Morgan fingerprint density at radius 3 is 2.45 bits per heavy atom. The third kappa shape index (κ3) is 3.36. The molecular weight excluding hydrogens is 424 g/mol. The van der Waals surface area contributed by atoms with Crippen LogP contribution in [0.3, 0.4) is 0 Å². The molecule has 33 heavy (non-hydrogen) atoms. The first-order chi connectivity index (χ1) is 16.0. The highest BCUT2D eigenvalue weighted by atomic mass is 16.5. The van der Waals surface area contributed by atoms with Gasteiger partial charge in [0.15, 0.2) is 17.3 Å². The number of nitrogens with zero attached hydrogens (tertiary/aromatic N) is 3. The number of allylic oxidation sites excluding steroid dienone is 2. The standard InChI is InChI=1S/C24H24N4O5/c1-31-19-10-14(11-20(32-2)23(19)33-3)13-8-16-21(18(30)9-13)22(15-6-4-5-7-17(15)29)28-24(27-16)25-12-26-28/h4-7,10-13,22,29H,8-9H2,1-3H3,(H,25,26,27)/t13-,22+/m1/s1. The normalized spacial score (nSPS) is 19.4. The quantitative estimate of drug-likeness (QED) is 0.611. The number of rotatable bonds is 5. The van der Waals surface area contributed by atoms with Crippen molar-refractivity contribution in [3.05, 3.63) is 65.1 Å². The number of fused-ring (bicyclic) bond motifs is 1. The number of carbonyl (C=O) groups excluding carboxylic acids is 1. The van der Waals surface area contributed by atoms with Crippen LogP contribution in [-0.4, -0.2) is 47.0 Å². The minimum atomic E-state index is -0.548. The number of phenols is 1. The molecule has 9 heteroatoms. The summed E-state index contributed by atoms with van der Waals surface area (Å²) in [6.45, 7) is 0. The molecule has 0 amide bonds. The van der Waals surface area contributed by atoms with Crippen LogP contribution in [0.5, 0.6) is 23.0 Å². The summed E-state index contributed by atoms with van der Waals surface area (Å²) in [5.41, 5.74) is 2.90. The number of ketones is 1. The number of anilines is 1. The first kappa shape index (κ1) is 20.9. The first-order valence-electron chi connectivity index (χ1n) is 10.6. The second-order valence-electron chi connectivity index (χ2n) is 7.99. The van der Waals surface area contributed by atoms with Gasteiger partial charge >= 0.3 is 0 Å². The van der Waals surface area contributed by atoms with Crippen molar-refractivity contribution in [2.24, 2.45) is 0 Å². The molecular formula is C24H24N4O5. The predicted molar refractivity (Wildman–Crippen MR) is 120 cm³/mol. The molecule has 2 N–H and O–H groups in total. The number of aromatic hydroxyl groups is 1. The van der Waals surface area contributed by atoms with Gasteiger partial charge in [-0.25, -0.2) is 4.68 Å². The Kier molecular flexibility index (Phi) is 5.16. The minimum absolute atomic E-state index is 0.0168. The van der Waals surface area contributed by atoms with Crippen molar-refractivity contribution in [3.8, 4) is 23.0 Å². The van der Waals surface area contributed by atoms with Crippen molar-refractivity contribution in [1.29, 1.82) is 0 Å². The van der Waals surface area contributed by atoms with Crippen molar-refractivity contribution in [1.82, 2.24) is 14.8 Å². The van der Waals surface area contributed by atoms with Crippen LogP contribution in [0.1, 0.15) is 35.9 Å². The summed E-state index contributed by atoms with van der Waals surface area (Å²) in [6.07, 6.45) is 2.32. The molecule has 170 valence electrons. The lowest BCUT2D eigenvalue weighted by Gasteiger charge is -2.35. The van der Waals surface area contributed by atoms with Crippen LogP contribution in [0.15, 0.2) is 54.0 Å². The van der Waals surface area contributed by atoms with E-state index >= 15 is 0 Å². The van der Waals surface area contributed by atoms with E-state index in [2.05, 4.69) is 15.4 Å². The third-order valence-corrected chi connectivity index (χ3v) is 6.25. The fourth-order valence-corrected chi connectivity index (χ4v) is 4.73. The number of phenolic OH excluding ortho intramolecular Hbond substituents is 1. The van der Waals surface area contributed by atoms with E-state index < -0.39 is 6.04 Å². The highest BCUT2D eigenvalue weighted by Gasteiger charge is 2.40. The first-order valence-corrected chi connectivity index (χ1v) is 10.6. The molecule has 2 aromatic carbocycles. The zero-order valence-corrected chi connectivity index (χ0v) is 18.5. The van der Waals surface area contributed by atoms with E-state index in [4.69, 9.17) is 14.2 Å². The molecule has 1 aromatic heterocycles. The van der Waals surface area contributed by atoms with Gasteiger partial charge in [0.25, 0.3) is 0 Å². The molecule has 0 spiro atoms. The Morgan fingerprint density at radius 1 is 1.06 bits per heavy atom. The molecule has 0 unspecified atom stereocenters. The summed E-state index contributed by atoms with van der Waals surface area (Å²) < 4.78 is 18.1. The number of ether oxygens (including phenoxy) is 3. The minimum Gasteiger partial charge on any atom is -0.508 e. The van der Waals surface area contributed by atoms with Gasteiger partial charge in [-0.2, -0.15) is 10.1 Å². The molecule has 0 radical (unpaired) electrons. The van der Waals surface area contributed by atoms with Crippen LogP contribution >= 0.6 is 0 Å². The van der Waals surface area contributed by atoms with Crippen LogP contribution in [0.2, 0.25) is 0 Å². The molecule has 5 rings (SSSR count). The van der Waals surface area contributed by atoms with Gasteiger partial charge in [-0.15, -0.1) is 0 Å². The van der Waals surface area contributed by atoms with E-state index in [1.165, 1.54) is 6.33 Å². The molecule has 0 saturated heterocycles. The average Bonchev–Trinajstić information content (AvgIpc) is 3.30. The van der Waals surface area contributed by atoms with Crippen LogP contribution in [0, 0.1) is 0 Å². The smallest absolute Gasteiger partial charge is 0.226 e. The summed E-state index contributed by atoms with van der Waals surface area (Å²) in [6, 6.07) is 10.2. The lowest BCUT2D eigenvalue weighted by molar-refractivity contribution is -0.116. The molecule has 9 nitrogen and oxygen atoms in total. The number of nitrogens with one attached hydrogen (secondary N) is 1. The molecule has 0 saturated carbocycles. The summed E-state index contributed by atoms with van der Waals surface area (Å²) >= 11 is 0. The largest absolute Gasteiger partial charge is 0.508 e. The molecule has 2 heterocycles. The topological polar surface area (TPSA) is 108 Å². The SMILES string of the molecule is COc1cc([C@H]2CC(=O)C3=C(C2)Nc2ncnn2[C@H]3c2ccccc2O)cc(OC)c1OC. The van der Waals surface area contributed by atoms with E-state index in [0.717, 1.165) is 11.3 Å². The molecule has 1 aliphatic heterocycles. The summed E-state index contributed by atoms with van der Waals surface area (Å²) in [5, 5.41) is 18.2.